The third-order valence-electron chi connectivity index (χ3n) is 3.46. The van der Waals surface area contributed by atoms with E-state index >= 15 is 0 Å². The fourth-order valence-electron chi connectivity index (χ4n) is 2.46. The van der Waals surface area contributed by atoms with E-state index in [2.05, 4.69) is 33.8 Å². The van der Waals surface area contributed by atoms with E-state index in [1.165, 1.54) is 5.56 Å². The molecule has 0 fully saturated rings. The molecule has 3 aromatic rings. The first kappa shape index (κ1) is 13.6. The van der Waals surface area contributed by atoms with E-state index in [-0.39, 0.29) is 0 Å². The molecule has 3 nitrogen and oxygen atoms in total. The van der Waals surface area contributed by atoms with Crippen LogP contribution in [0.4, 0.5) is 0 Å². The molecule has 0 aliphatic rings. The normalized spacial score (nSPS) is 13.0. The Morgan fingerprint density at radius 1 is 1.10 bits per heavy atom. The lowest BCUT2D eigenvalue weighted by Gasteiger charge is -2.08. The summed E-state index contributed by atoms with van der Waals surface area (Å²) in [7, 11) is 0. The number of imidazole rings is 1. The zero-order valence-electron chi connectivity index (χ0n) is 12.0. The van der Waals surface area contributed by atoms with Crippen LogP contribution in [0.2, 0.25) is 0 Å². The van der Waals surface area contributed by atoms with Gasteiger partial charge in [0.1, 0.15) is 11.9 Å². The van der Waals surface area contributed by atoms with Gasteiger partial charge >= 0.3 is 0 Å². The third kappa shape index (κ3) is 2.88. The lowest BCUT2D eigenvalue weighted by Crippen LogP contribution is -2.05. The van der Waals surface area contributed by atoms with E-state index in [1.54, 1.807) is 6.92 Å². The molecular weight excluding hydrogens is 260 g/mol. The maximum atomic E-state index is 9.91. The van der Waals surface area contributed by atoms with Gasteiger partial charge in [-0.15, -0.1) is 0 Å². The number of aliphatic hydroxyl groups excluding tert-OH is 1. The first-order valence-corrected chi connectivity index (χ1v) is 7.10. The molecule has 3 heteroatoms. The zero-order chi connectivity index (χ0) is 14.7. The second-order valence-corrected chi connectivity index (χ2v) is 5.06. The Morgan fingerprint density at radius 2 is 1.81 bits per heavy atom. The van der Waals surface area contributed by atoms with Crippen molar-refractivity contribution in [1.29, 1.82) is 0 Å². The third-order valence-corrected chi connectivity index (χ3v) is 3.46. The summed E-state index contributed by atoms with van der Waals surface area (Å²) in [6.45, 7) is 2.44. The SMILES string of the molecule is C[C@@H](O)c1nc2ccccc2n1CC=Cc1ccccc1. The minimum atomic E-state index is -0.581. The molecule has 0 radical (unpaired) electrons. The maximum Gasteiger partial charge on any atom is 0.138 e. The van der Waals surface area contributed by atoms with Crippen LogP contribution in [0, 0.1) is 0 Å². The van der Waals surface area contributed by atoms with Crippen molar-refractivity contribution >= 4 is 17.1 Å². The highest BCUT2D eigenvalue weighted by atomic mass is 16.3. The van der Waals surface area contributed by atoms with Crippen LogP contribution in [0.3, 0.4) is 0 Å². The number of benzene rings is 2. The summed E-state index contributed by atoms with van der Waals surface area (Å²) in [5, 5.41) is 9.91. The van der Waals surface area contributed by atoms with Crippen molar-refractivity contribution in [1.82, 2.24) is 9.55 Å². The number of nitrogens with zero attached hydrogens (tertiary/aromatic N) is 2. The van der Waals surface area contributed by atoms with E-state index < -0.39 is 6.10 Å². The van der Waals surface area contributed by atoms with Gasteiger partial charge in [-0.25, -0.2) is 4.98 Å². The molecule has 21 heavy (non-hydrogen) atoms. The average molecular weight is 278 g/mol. The molecule has 0 bridgehead atoms. The zero-order valence-corrected chi connectivity index (χ0v) is 12.0. The Bertz CT molecular complexity index is 757. The Kier molecular flexibility index (Phi) is 3.84. The van der Waals surface area contributed by atoms with Crippen LogP contribution in [0.25, 0.3) is 17.1 Å². The fourth-order valence-corrected chi connectivity index (χ4v) is 2.46. The highest BCUT2D eigenvalue weighted by molar-refractivity contribution is 5.76. The standard InChI is InChI=1S/C18H18N2O/c1-14(21)18-19-16-11-5-6-12-17(16)20(18)13-7-10-15-8-3-2-4-9-15/h2-12,14,21H,13H2,1H3/t14-/m1/s1. The van der Waals surface area contributed by atoms with Crippen molar-refractivity contribution in [2.24, 2.45) is 0 Å². The monoisotopic (exact) mass is 278 g/mol. The van der Waals surface area contributed by atoms with Gasteiger partial charge < -0.3 is 9.67 Å². The fraction of sp³-hybridized carbons (Fsp3) is 0.167. The van der Waals surface area contributed by atoms with Gasteiger partial charge in [-0.2, -0.15) is 0 Å². The number of allylic oxidation sites excluding steroid dienone is 1. The van der Waals surface area contributed by atoms with Gasteiger partial charge in [0.2, 0.25) is 0 Å². The van der Waals surface area contributed by atoms with Crippen molar-refractivity contribution in [3.8, 4) is 0 Å². The molecule has 0 amide bonds. The largest absolute Gasteiger partial charge is 0.385 e. The summed E-state index contributed by atoms with van der Waals surface area (Å²) < 4.78 is 2.06. The number of aliphatic hydroxyl groups is 1. The van der Waals surface area contributed by atoms with E-state index in [0.717, 1.165) is 11.0 Å². The smallest absolute Gasteiger partial charge is 0.138 e. The topological polar surface area (TPSA) is 38.1 Å². The summed E-state index contributed by atoms with van der Waals surface area (Å²) in [6.07, 6.45) is 3.60. The molecule has 1 aromatic heterocycles. The molecule has 106 valence electrons. The van der Waals surface area contributed by atoms with Crippen molar-refractivity contribution in [2.45, 2.75) is 19.6 Å². The number of hydrogen-bond donors (Lipinski definition) is 1. The van der Waals surface area contributed by atoms with Gasteiger partial charge in [-0.3, -0.25) is 0 Å². The second kappa shape index (κ2) is 5.94. The highest BCUT2D eigenvalue weighted by Crippen LogP contribution is 2.20. The first-order chi connectivity index (χ1) is 10.3. The molecule has 0 saturated carbocycles. The Balaban J connectivity index is 1.92. The molecule has 0 spiro atoms. The molecule has 1 N–H and O–H groups in total. The summed E-state index contributed by atoms with van der Waals surface area (Å²) in [5.74, 6) is 0.703. The second-order valence-electron chi connectivity index (χ2n) is 5.06. The molecule has 1 atom stereocenters. The van der Waals surface area contributed by atoms with Gasteiger partial charge in [0.25, 0.3) is 0 Å². The van der Waals surface area contributed by atoms with Crippen molar-refractivity contribution in [2.75, 3.05) is 0 Å². The molecule has 0 saturated heterocycles. The number of hydrogen-bond acceptors (Lipinski definition) is 2. The van der Waals surface area contributed by atoms with Crippen LogP contribution in [0.15, 0.2) is 60.7 Å². The molecule has 2 aromatic carbocycles. The van der Waals surface area contributed by atoms with Gasteiger partial charge in [0, 0.05) is 6.54 Å². The van der Waals surface area contributed by atoms with E-state index in [1.807, 2.05) is 42.5 Å². The quantitative estimate of drug-likeness (QED) is 0.788. The summed E-state index contributed by atoms with van der Waals surface area (Å²) in [4.78, 5) is 4.52. The Hall–Kier alpha value is -2.39. The summed E-state index contributed by atoms with van der Waals surface area (Å²) in [5.41, 5.74) is 3.13. The number of aromatic nitrogens is 2. The van der Waals surface area contributed by atoms with Gasteiger partial charge in [0.15, 0.2) is 0 Å². The highest BCUT2D eigenvalue weighted by Gasteiger charge is 2.13. The summed E-state index contributed by atoms with van der Waals surface area (Å²) >= 11 is 0. The minimum Gasteiger partial charge on any atom is -0.385 e. The molecule has 0 unspecified atom stereocenters. The van der Waals surface area contributed by atoms with Gasteiger partial charge in [-0.1, -0.05) is 54.6 Å². The van der Waals surface area contributed by atoms with Crippen molar-refractivity contribution in [3.63, 3.8) is 0 Å². The minimum absolute atomic E-state index is 0.581. The first-order valence-electron chi connectivity index (χ1n) is 7.10. The van der Waals surface area contributed by atoms with Crippen LogP contribution >= 0.6 is 0 Å². The maximum absolute atomic E-state index is 9.91. The van der Waals surface area contributed by atoms with Crippen LogP contribution in [-0.4, -0.2) is 14.7 Å². The molecule has 0 aliphatic heterocycles. The van der Waals surface area contributed by atoms with Crippen molar-refractivity contribution < 1.29 is 5.11 Å². The van der Waals surface area contributed by atoms with E-state index in [9.17, 15) is 5.11 Å². The van der Waals surface area contributed by atoms with Crippen LogP contribution in [0.1, 0.15) is 24.4 Å². The molecule has 3 rings (SSSR count). The lowest BCUT2D eigenvalue weighted by atomic mass is 10.2. The van der Waals surface area contributed by atoms with E-state index in [4.69, 9.17) is 0 Å². The van der Waals surface area contributed by atoms with Gasteiger partial charge in [0.05, 0.1) is 11.0 Å². The van der Waals surface area contributed by atoms with Crippen LogP contribution < -0.4 is 0 Å². The molecule has 0 aliphatic carbocycles. The lowest BCUT2D eigenvalue weighted by molar-refractivity contribution is 0.185. The van der Waals surface area contributed by atoms with Crippen LogP contribution in [-0.2, 0) is 6.54 Å². The average Bonchev–Trinajstić information content (AvgIpc) is 2.88. The van der Waals surface area contributed by atoms with Crippen LogP contribution in [0.5, 0.6) is 0 Å². The number of fused-ring (bicyclic) bond motifs is 1. The Morgan fingerprint density at radius 3 is 2.57 bits per heavy atom. The number of rotatable bonds is 4. The predicted molar refractivity (Wildman–Crippen MR) is 85.8 cm³/mol. The van der Waals surface area contributed by atoms with Crippen molar-refractivity contribution in [3.05, 3.63) is 72.1 Å². The predicted octanol–water partition coefficient (Wildman–Crippen LogP) is 3.80. The van der Waals surface area contributed by atoms with Gasteiger partial charge in [-0.05, 0) is 24.6 Å². The summed E-state index contributed by atoms with van der Waals surface area (Å²) in [6, 6.07) is 18.1. The molecule has 1 heterocycles. The number of para-hydroxylation sites is 2. The molecular formula is C18H18N2O. The Labute approximate surface area is 124 Å². The van der Waals surface area contributed by atoms with E-state index in [0.29, 0.717) is 12.4 Å².